The fourth-order valence-electron chi connectivity index (χ4n) is 2.79. The summed E-state index contributed by atoms with van der Waals surface area (Å²) in [4.78, 5) is 12.5. The maximum absolute atomic E-state index is 12.5. The van der Waals surface area contributed by atoms with Gasteiger partial charge in [0.2, 0.25) is 0 Å². The summed E-state index contributed by atoms with van der Waals surface area (Å²) in [5.41, 5.74) is 2.48. The van der Waals surface area contributed by atoms with Crippen LogP contribution in [0, 0.1) is 20.8 Å². The van der Waals surface area contributed by atoms with Crippen molar-refractivity contribution in [2.24, 2.45) is 0 Å². The minimum Gasteiger partial charge on any atom is -0.466 e. The summed E-state index contributed by atoms with van der Waals surface area (Å²) in [6.07, 6.45) is 4.39. The molecule has 21 heavy (non-hydrogen) atoms. The van der Waals surface area contributed by atoms with Crippen LogP contribution < -0.4 is 0 Å². The maximum atomic E-state index is 12.5. The van der Waals surface area contributed by atoms with Crippen LogP contribution in [0.5, 0.6) is 0 Å². The minimum atomic E-state index is 0.0802. The third-order valence-electron chi connectivity index (χ3n) is 4.16. The van der Waals surface area contributed by atoms with Crippen LogP contribution >= 0.6 is 0 Å². The fraction of sp³-hybridized carbons (Fsp3) is 0.529. The summed E-state index contributed by atoms with van der Waals surface area (Å²) in [5, 5.41) is 4.55. The van der Waals surface area contributed by atoms with Crippen molar-refractivity contribution in [1.82, 2.24) is 9.78 Å². The molecule has 0 aliphatic heterocycles. The smallest absolute Gasteiger partial charge is 0.172 e. The van der Waals surface area contributed by atoms with E-state index >= 15 is 0 Å². The highest BCUT2D eigenvalue weighted by Gasteiger charge is 2.20. The van der Waals surface area contributed by atoms with Crippen molar-refractivity contribution >= 4 is 5.78 Å². The first kappa shape index (κ1) is 15.5. The average Bonchev–Trinajstić information content (AvgIpc) is 2.97. The molecule has 0 aliphatic carbocycles. The summed E-state index contributed by atoms with van der Waals surface area (Å²) in [6.45, 7) is 9.97. The quantitative estimate of drug-likeness (QED) is 0.749. The minimum absolute atomic E-state index is 0.0802. The Balaban J connectivity index is 2.17. The van der Waals surface area contributed by atoms with Gasteiger partial charge in [-0.15, -0.1) is 0 Å². The molecule has 2 heterocycles. The zero-order valence-corrected chi connectivity index (χ0v) is 13.6. The zero-order chi connectivity index (χ0) is 15.6. The van der Waals surface area contributed by atoms with Crippen molar-refractivity contribution in [1.29, 1.82) is 0 Å². The molecule has 2 rings (SSSR count). The maximum Gasteiger partial charge on any atom is 0.172 e. The Hall–Kier alpha value is -1.84. The van der Waals surface area contributed by atoms with Gasteiger partial charge in [-0.25, -0.2) is 0 Å². The SMILES string of the molecule is CCC(CC)n1ccc(CC(=O)c2c(C)oc(C)c2C)n1. The Bertz CT molecular complexity index is 633. The first-order valence-electron chi connectivity index (χ1n) is 7.61. The number of ketones is 1. The lowest BCUT2D eigenvalue weighted by Gasteiger charge is -2.12. The van der Waals surface area contributed by atoms with Gasteiger partial charge in [-0.3, -0.25) is 9.48 Å². The second-order valence-corrected chi connectivity index (χ2v) is 5.57. The standard InChI is InChI=1S/C17H24N2O2/c1-6-15(7-2)19-9-8-14(18-19)10-16(20)17-11(3)12(4)21-13(17)5/h8-9,15H,6-7,10H2,1-5H3. The van der Waals surface area contributed by atoms with Gasteiger partial charge >= 0.3 is 0 Å². The van der Waals surface area contributed by atoms with Crippen LogP contribution in [0.15, 0.2) is 16.7 Å². The molecule has 0 unspecified atom stereocenters. The van der Waals surface area contributed by atoms with Gasteiger partial charge < -0.3 is 4.42 Å². The molecular formula is C17H24N2O2. The van der Waals surface area contributed by atoms with E-state index in [0.717, 1.165) is 29.9 Å². The molecular weight excluding hydrogens is 264 g/mol. The lowest BCUT2D eigenvalue weighted by Crippen LogP contribution is -2.10. The molecule has 114 valence electrons. The van der Waals surface area contributed by atoms with Crippen molar-refractivity contribution in [2.75, 3.05) is 0 Å². The number of carbonyl (C=O) groups is 1. The van der Waals surface area contributed by atoms with E-state index in [9.17, 15) is 4.79 Å². The van der Waals surface area contributed by atoms with E-state index in [-0.39, 0.29) is 5.78 Å². The molecule has 0 atom stereocenters. The highest BCUT2D eigenvalue weighted by molar-refractivity contribution is 5.99. The summed E-state index contributed by atoms with van der Waals surface area (Å²) in [7, 11) is 0. The molecule has 4 heteroatoms. The van der Waals surface area contributed by atoms with Gasteiger partial charge in [-0.2, -0.15) is 5.10 Å². The monoisotopic (exact) mass is 288 g/mol. The van der Waals surface area contributed by atoms with Crippen molar-refractivity contribution in [3.05, 3.63) is 40.6 Å². The van der Waals surface area contributed by atoms with Gasteiger partial charge in [0.15, 0.2) is 5.78 Å². The average molecular weight is 288 g/mol. The number of carbonyl (C=O) groups excluding carboxylic acids is 1. The molecule has 0 aromatic carbocycles. The molecule has 0 N–H and O–H groups in total. The molecule has 2 aromatic rings. The normalized spacial score (nSPS) is 11.3. The van der Waals surface area contributed by atoms with E-state index in [2.05, 4.69) is 18.9 Å². The zero-order valence-electron chi connectivity index (χ0n) is 13.6. The Morgan fingerprint density at radius 1 is 1.24 bits per heavy atom. The Kier molecular flexibility index (Phi) is 4.66. The highest BCUT2D eigenvalue weighted by atomic mass is 16.3. The second kappa shape index (κ2) is 6.29. The molecule has 4 nitrogen and oxygen atoms in total. The molecule has 0 bridgehead atoms. The number of hydrogen-bond acceptors (Lipinski definition) is 3. The van der Waals surface area contributed by atoms with Crippen molar-refractivity contribution in [3.63, 3.8) is 0 Å². The Morgan fingerprint density at radius 2 is 1.90 bits per heavy atom. The van der Waals surface area contributed by atoms with Crippen LogP contribution in [0.2, 0.25) is 0 Å². The molecule has 0 radical (unpaired) electrons. The fourth-order valence-corrected chi connectivity index (χ4v) is 2.79. The Labute approximate surface area is 126 Å². The predicted octanol–water partition coefficient (Wildman–Crippen LogP) is 4.19. The second-order valence-electron chi connectivity index (χ2n) is 5.57. The van der Waals surface area contributed by atoms with Gasteiger partial charge in [-0.05, 0) is 39.7 Å². The van der Waals surface area contributed by atoms with Gasteiger partial charge in [-0.1, -0.05) is 13.8 Å². The van der Waals surface area contributed by atoms with E-state index in [4.69, 9.17) is 4.42 Å². The third kappa shape index (κ3) is 3.09. The van der Waals surface area contributed by atoms with Crippen molar-refractivity contribution in [3.8, 4) is 0 Å². The Morgan fingerprint density at radius 3 is 2.43 bits per heavy atom. The first-order chi connectivity index (χ1) is 9.97. The lowest BCUT2D eigenvalue weighted by molar-refractivity contribution is 0.0989. The first-order valence-corrected chi connectivity index (χ1v) is 7.61. The largest absolute Gasteiger partial charge is 0.466 e. The molecule has 0 amide bonds. The molecule has 2 aromatic heterocycles. The van der Waals surface area contributed by atoms with E-state index in [0.29, 0.717) is 23.8 Å². The van der Waals surface area contributed by atoms with Gasteiger partial charge in [0, 0.05) is 11.8 Å². The van der Waals surface area contributed by atoms with Gasteiger partial charge in [0.25, 0.3) is 0 Å². The number of aromatic nitrogens is 2. The van der Waals surface area contributed by atoms with Crippen molar-refractivity contribution < 1.29 is 9.21 Å². The van der Waals surface area contributed by atoms with Crippen molar-refractivity contribution in [2.45, 2.75) is 59.9 Å². The van der Waals surface area contributed by atoms with E-state index < -0.39 is 0 Å². The van der Waals surface area contributed by atoms with Crippen LogP contribution in [-0.4, -0.2) is 15.6 Å². The number of aryl methyl sites for hydroxylation is 2. The molecule has 0 fully saturated rings. The van der Waals surface area contributed by atoms with E-state index in [1.165, 1.54) is 0 Å². The molecule has 0 spiro atoms. The third-order valence-corrected chi connectivity index (χ3v) is 4.16. The van der Waals surface area contributed by atoms with E-state index in [1.807, 2.05) is 37.7 Å². The van der Waals surface area contributed by atoms with Crippen LogP contribution in [-0.2, 0) is 6.42 Å². The summed E-state index contributed by atoms with van der Waals surface area (Å²) in [6, 6.07) is 2.35. The topological polar surface area (TPSA) is 48.0 Å². The summed E-state index contributed by atoms with van der Waals surface area (Å²) < 4.78 is 7.51. The number of furan rings is 1. The van der Waals surface area contributed by atoms with Crippen LogP contribution in [0.1, 0.15) is 65.9 Å². The molecule has 0 saturated heterocycles. The molecule has 0 aliphatic rings. The summed E-state index contributed by atoms with van der Waals surface area (Å²) >= 11 is 0. The van der Waals surface area contributed by atoms with Crippen LogP contribution in [0.4, 0.5) is 0 Å². The van der Waals surface area contributed by atoms with Crippen LogP contribution in [0.3, 0.4) is 0 Å². The predicted molar refractivity (Wildman–Crippen MR) is 82.8 cm³/mol. The van der Waals surface area contributed by atoms with E-state index in [1.54, 1.807) is 0 Å². The number of Topliss-reactive ketones (excluding diaryl/α,β-unsaturated/α-hetero) is 1. The lowest BCUT2D eigenvalue weighted by atomic mass is 10.0. The summed E-state index contributed by atoms with van der Waals surface area (Å²) in [5.74, 6) is 1.60. The highest BCUT2D eigenvalue weighted by Crippen LogP contribution is 2.22. The number of hydrogen-bond donors (Lipinski definition) is 0. The van der Waals surface area contributed by atoms with Crippen LogP contribution in [0.25, 0.3) is 0 Å². The van der Waals surface area contributed by atoms with Gasteiger partial charge in [0.1, 0.15) is 11.5 Å². The number of rotatable bonds is 6. The van der Waals surface area contributed by atoms with Gasteiger partial charge in [0.05, 0.1) is 23.7 Å². The molecule has 0 saturated carbocycles. The number of nitrogens with zero attached hydrogens (tertiary/aromatic N) is 2.